The van der Waals surface area contributed by atoms with Crippen molar-refractivity contribution in [2.75, 3.05) is 0 Å². The number of amides is 1. The highest BCUT2D eigenvalue weighted by Crippen LogP contribution is 2.19. The first-order chi connectivity index (χ1) is 9.72. The lowest BCUT2D eigenvalue weighted by Crippen LogP contribution is -2.24. The Bertz CT molecular complexity index is 640. The Labute approximate surface area is 125 Å². The van der Waals surface area contributed by atoms with Gasteiger partial charge >= 0.3 is 0 Å². The molecule has 0 fully saturated rings. The molecule has 0 unspecified atom stereocenters. The van der Waals surface area contributed by atoms with Gasteiger partial charge in [-0.25, -0.2) is 0 Å². The third-order valence-electron chi connectivity index (χ3n) is 3.42. The van der Waals surface area contributed by atoms with Crippen LogP contribution in [0.15, 0.2) is 34.8 Å². The summed E-state index contributed by atoms with van der Waals surface area (Å²) >= 11 is 3.39. The molecular formula is C15H14BrN3O. The van der Waals surface area contributed by atoms with E-state index < -0.39 is 0 Å². The van der Waals surface area contributed by atoms with E-state index in [1.807, 2.05) is 30.3 Å². The number of nitrogens with one attached hydrogen (secondary N) is 1. The number of aromatic nitrogens is 2. The summed E-state index contributed by atoms with van der Waals surface area (Å²) in [5.41, 5.74) is 3.65. The van der Waals surface area contributed by atoms with Crippen molar-refractivity contribution >= 4 is 21.8 Å². The fourth-order valence-corrected chi connectivity index (χ4v) is 2.58. The standard InChI is InChI=1S/C15H14BrN3O/c16-12-6-4-10(5-7-12)9-17-15(20)14-8-11-2-1-3-13(11)18-19-14/h4-8H,1-3,9H2,(H,17,20). The van der Waals surface area contributed by atoms with Crippen molar-refractivity contribution in [3.63, 3.8) is 0 Å². The third-order valence-corrected chi connectivity index (χ3v) is 3.95. The van der Waals surface area contributed by atoms with Gasteiger partial charge in [0.2, 0.25) is 0 Å². The Morgan fingerprint density at radius 3 is 2.80 bits per heavy atom. The van der Waals surface area contributed by atoms with E-state index in [-0.39, 0.29) is 5.91 Å². The molecule has 1 amide bonds. The minimum absolute atomic E-state index is 0.171. The summed E-state index contributed by atoms with van der Waals surface area (Å²) in [6, 6.07) is 9.72. The summed E-state index contributed by atoms with van der Waals surface area (Å²) in [5.74, 6) is -0.171. The molecule has 1 heterocycles. The molecule has 3 rings (SSSR count). The van der Waals surface area contributed by atoms with E-state index >= 15 is 0 Å². The van der Waals surface area contributed by atoms with Crippen molar-refractivity contribution < 1.29 is 4.79 Å². The van der Waals surface area contributed by atoms with Gasteiger partial charge in [0, 0.05) is 11.0 Å². The largest absolute Gasteiger partial charge is 0.347 e. The van der Waals surface area contributed by atoms with E-state index in [9.17, 15) is 4.79 Å². The number of benzene rings is 1. The van der Waals surface area contributed by atoms with Crippen molar-refractivity contribution in [2.24, 2.45) is 0 Å². The van der Waals surface area contributed by atoms with Gasteiger partial charge in [0.05, 0.1) is 5.69 Å². The van der Waals surface area contributed by atoms with Gasteiger partial charge in [-0.15, -0.1) is 5.10 Å². The highest BCUT2D eigenvalue weighted by atomic mass is 79.9. The van der Waals surface area contributed by atoms with Gasteiger partial charge in [0.1, 0.15) is 0 Å². The van der Waals surface area contributed by atoms with E-state index in [1.54, 1.807) is 0 Å². The van der Waals surface area contributed by atoms with Crippen LogP contribution in [-0.4, -0.2) is 16.1 Å². The molecule has 1 aromatic carbocycles. The maximum atomic E-state index is 12.1. The third kappa shape index (κ3) is 2.88. The second kappa shape index (κ2) is 5.71. The summed E-state index contributed by atoms with van der Waals surface area (Å²) in [6.45, 7) is 0.491. The van der Waals surface area contributed by atoms with Crippen LogP contribution in [0.5, 0.6) is 0 Å². The first-order valence-corrected chi connectivity index (χ1v) is 7.40. The van der Waals surface area contributed by atoms with Gasteiger partial charge in [-0.1, -0.05) is 28.1 Å². The zero-order valence-electron chi connectivity index (χ0n) is 10.9. The maximum Gasteiger partial charge on any atom is 0.272 e. The highest BCUT2D eigenvalue weighted by Gasteiger charge is 2.16. The Balaban J connectivity index is 1.66. The monoisotopic (exact) mass is 331 g/mol. The summed E-state index contributed by atoms with van der Waals surface area (Å²) < 4.78 is 1.03. The first kappa shape index (κ1) is 13.2. The summed E-state index contributed by atoms with van der Waals surface area (Å²) in [7, 11) is 0. The number of carbonyl (C=O) groups excluding carboxylic acids is 1. The van der Waals surface area contributed by atoms with Crippen LogP contribution >= 0.6 is 15.9 Å². The molecule has 0 aliphatic heterocycles. The normalized spacial score (nSPS) is 13.1. The molecule has 2 aromatic rings. The molecule has 0 spiro atoms. The number of hydrogen-bond acceptors (Lipinski definition) is 3. The Hall–Kier alpha value is -1.75. The predicted octanol–water partition coefficient (Wildman–Crippen LogP) is 2.66. The molecule has 1 aromatic heterocycles. The topological polar surface area (TPSA) is 54.9 Å². The zero-order valence-corrected chi connectivity index (χ0v) is 12.5. The van der Waals surface area contributed by atoms with Gasteiger partial charge < -0.3 is 5.32 Å². The van der Waals surface area contributed by atoms with Crippen LogP contribution in [0.1, 0.15) is 33.7 Å². The van der Waals surface area contributed by atoms with Crippen molar-refractivity contribution in [1.82, 2.24) is 15.5 Å². The second-order valence-electron chi connectivity index (χ2n) is 4.86. The summed E-state index contributed by atoms with van der Waals surface area (Å²) in [5, 5.41) is 11.0. The number of fused-ring (bicyclic) bond motifs is 1. The minimum atomic E-state index is -0.171. The number of hydrogen-bond donors (Lipinski definition) is 1. The van der Waals surface area contributed by atoms with Crippen LogP contribution in [0.4, 0.5) is 0 Å². The van der Waals surface area contributed by atoms with Gasteiger partial charge in [-0.2, -0.15) is 5.10 Å². The molecule has 0 atom stereocenters. The van der Waals surface area contributed by atoms with E-state index in [0.29, 0.717) is 12.2 Å². The highest BCUT2D eigenvalue weighted by molar-refractivity contribution is 9.10. The molecule has 20 heavy (non-hydrogen) atoms. The van der Waals surface area contributed by atoms with Crippen LogP contribution in [-0.2, 0) is 19.4 Å². The van der Waals surface area contributed by atoms with Crippen molar-refractivity contribution in [3.8, 4) is 0 Å². The molecule has 5 heteroatoms. The van der Waals surface area contributed by atoms with E-state index in [4.69, 9.17) is 0 Å². The van der Waals surface area contributed by atoms with Crippen LogP contribution in [0, 0.1) is 0 Å². The molecule has 4 nitrogen and oxygen atoms in total. The Morgan fingerprint density at radius 1 is 1.20 bits per heavy atom. The van der Waals surface area contributed by atoms with Crippen LogP contribution in [0.2, 0.25) is 0 Å². The quantitative estimate of drug-likeness (QED) is 0.940. The molecule has 0 bridgehead atoms. The summed E-state index contributed by atoms with van der Waals surface area (Å²) in [6.07, 6.45) is 3.08. The smallest absolute Gasteiger partial charge is 0.272 e. The predicted molar refractivity (Wildman–Crippen MR) is 79.4 cm³/mol. The molecule has 1 N–H and O–H groups in total. The number of aryl methyl sites for hydroxylation is 2. The second-order valence-corrected chi connectivity index (χ2v) is 5.78. The van der Waals surface area contributed by atoms with Crippen LogP contribution in [0.25, 0.3) is 0 Å². The maximum absolute atomic E-state index is 12.1. The molecule has 0 saturated carbocycles. The van der Waals surface area contributed by atoms with Crippen molar-refractivity contribution in [2.45, 2.75) is 25.8 Å². The van der Waals surface area contributed by atoms with Gasteiger partial charge in [0.25, 0.3) is 5.91 Å². The fraction of sp³-hybridized carbons (Fsp3) is 0.267. The average Bonchev–Trinajstić information content (AvgIpc) is 2.93. The van der Waals surface area contributed by atoms with E-state index in [0.717, 1.165) is 40.6 Å². The van der Waals surface area contributed by atoms with E-state index in [2.05, 4.69) is 31.4 Å². The molecule has 1 aliphatic rings. The molecule has 102 valence electrons. The van der Waals surface area contributed by atoms with Crippen molar-refractivity contribution in [1.29, 1.82) is 0 Å². The molecule has 0 radical (unpaired) electrons. The van der Waals surface area contributed by atoms with Gasteiger partial charge in [-0.3, -0.25) is 4.79 Å². The Kier molecular flexibility index (Phi) is 3.78. The minimum Gasteiger partial charge on any atom is -0.347 e. The lowest BCUT2D eigenvalue weighted by molar-refractivity contribution is 0.0944. The summed E-state index contributed by atoms with van der Waals surface area (Å²) in [4.78, 5) is 12.1. The molecular weight excluding hydrogens is 318 g/mol. The lowest BCUT2D eigenvalue weighted by Gasteiger charge is -2.06. The first-order valence-electron chi connectivity index (χ1n) is 6.60. The number of halogens is 1. The van der Waals surface area contributed by atoms with Crippen molar-refractivity contribution in [3.05, 3.63) is 57.3 Å². The Morgan fingerprint density at radius 2 is 2.00 bits per heavy atom. The number of rotatable bonds is 3. The average molecular weight is 332 g/mol. The van der Waals surface area contributed by atoms with Gasteiger partial charge in [0.15, 0.2) is 5.69 Å². The zero-order chi connectivity index (χ0) is 13.9. The number of nitrogens with zero attached hydrogens (tertiary/aromatic N) is 2. The van der Waals surface area contributed by atoms with Crippen LogP contribution < -0.4 is 5.32 Å². The molecule has 1 aliphatic carbocycles. The fourth-order valence-electron chi connectivity index (χ4n) is 2.32. The number of carbonyl (C=O) groups is 1. The lowest BCUT2D eigenvalue weighted by atomic mass is 10.2. The van der Waals surface area contributed by atoms with Gasteiger partial charge in [-0.05, 0) is 48.6 Å². The van der Waals surface area contributed by atoms with Crippen LogP contribution in [0.3, 0.4) is 0 Å². The SMILES string of the molecule is O=C(NCc1ccc(Br)cc1)c1cc2c(nn1)CCC2. The van der Waals surface area contributed by atoms with E-state index in [1.165, 1.54) is 0 Å². The molecule has 0 saturated heterocycles.